The summed E-state index contributed by atoms with van der Waals surface area (Å²) in [6.07, 6.45) is 5.33. The number of nitrogens with zero attached hydrogens (tertiary/aromatic N) is 2. The van der Waals surface area contributed by atoms with Gasteiger partial charge in [0, 0.05) is 0 Å². The Morgan fingerprint density at radius 1 is 1.30 bits per heavy atom. The Balaban J connectivity index is 2.43. The molecule has 5 nitrogen and oxygen atoms in total. The number of aromatic nitrogens is 1. The van der Waals surface area contributed by atoms with E-state index >= 15 is 0 Å². The summed E-state index contributed by atoms with van der Waals surface area (Å²) in [6.45, 7) is 1.68. The molecule has 2 aromatic rings. The van der Waals surface area contributed by atoms with E-state index < -0.39 is 11.4 Å². The molecule has 5 heteroatoms. The fraction of sp³-hybridized carbons (Fsp3) is 0.333. The molecule has 1 aromatic heterocycles. The highest BCUT2D eigenvalue weighted by Crippen LogP contribution is 2.08. The normalized spacial score (nSPS) is 11.4. The zero-order valence-electron chi connectivity index (χ0n) is 11.6. The maximum absolute atomic E-state index is 11.9. The van der Waals surface area contributed by atoms with Gasteiger partial charge in [-0.05, 0) is 18.1 Å². The molecule has 0 atom stereocenters. The van der Waals surface area contributed by atoms with Crippen LogP contribution in [0.1, 0.15) is 0 Å². The third-order valence-electron chi connectivity index (χ3n) is 3.26. The Morgan fingerprint density at radius 3 is 2.70 bits per heavy atom. The Hall–Kier alpha value is -2.32. The van der Waals surface area contributed by atoms with Gasteiger partial charge in [-0.2, -0.15) is 0 Å². The molecule has 0 aliphatic heterocycles. The van der Waals surface area contributed by atoms with Crippen molar-refractivity contribution in [2.24, 2.45) is 0 Å². The standard InChI is InChI=1S/C15H17N2O3/c1-4-10-17(2,3)11-9-16-13-8-6-5-7-12(13)14(18)20-15(16)19/h1,5-8H,9-11H2,2-3H3/q+1. The van der Waals surface area contributed by atoms with Crippen LogP contribution in [0.25, 0.3) is 10.9 Å². The van der Waals surface area contributed by atoms with E-state index in [1.807, 2.05) is 14.1 Å². The molecule has 1 heterocycles. The molecule has 0 aliphatic carbocycles. The predicted octanol–water partition coefficient (Wildman–Crippen LogP) is 0.664. The average Bonchev–Trinajstić information content (AvgIpc) is 2.38. The van der Waals surface area contributed by atoms with Gasteiger partial charge in [-0.15, -0.1) is 6.42 Å². The summed E-state index contributed by atoms with van der Waals surface area (Å²) in [4.78, 5) is 23.5. The van der Waals surface area contributed by atoms with Crippen molar-refractivity contribution in [3.8, 4) is 12.3 Å². The molecular formula is C15H17N2O3+. The topological polar surface area (TPSA) is 52.2 Å². The molecule has 0 spiro atoms. The average molecular weight is 273 g/mol. The molecule has 0 saturated heterocycles. The third-order valence-corrected chi connectivity index (χ3v) is 3.26. The Labute approximate surface area is 116 Å². The first-order chi connectivity index (χ1) is 9.44. The largest absolute Gasteiger partial charge is 0.422 e. The van der Waals surface area contributed by atoms with Crippen molar-refractivity contribution in [1.29, 1.82) is 0 Å². The Morgan fingerprint density at radius 2 is 2.00 bits per heavy atom. The van der Waals surface area contributed by atoms with Crippen molar-refractivity contribution in [1.82, 2.24) is 4.57 Å². The first-order valence-electron chi connectivity index (χ1n) is 6.33. The van der Waals surface area contributed by atoms with E-state index in [0.717, 1.165) is 0 Å². The molecule has 0 saturated carbocycles. The fourth-order valence-electron chi connectivity index (χ4n) is 2.08. The van der Waals surface area contributed by atoms with Gasteiger partial charge in [-0.25, -0.2) is 9.59 Å². The van der Waals surface area contributed by atoms with Crippen LogP contribution in [0.2, 0.25) is 0 Å². The molecule has 1 aromatic carbocycles. The molecule has 0 unspecified atom stereocenters. The first kappa shape index (κ1) is 14.1. The van der Waals surface area contributed by atoms with E-state index in [9.17, 15) is 9.59 Å². The monoisotopic (exact) mass is 273 g/mol. The Kier molecular flexibility index (Phi) is 3.77. The highest BCUT2D eigenvalue weighted by Gasteiger charge is 2.16. The van der Waals surface area contributed by atoms with Crippen LogP contribution in [0.5, 0.6) is 0 Å². The van der Waals surface area contributed by atoms with Crippen molar-refractivity contribution in [2.75, 3.05) is 27.2 Å². The number of quaternary nitrogens is 1. The summed E-state index contributed by atoms with van der Waals surface area (Å²) >= 11 is 0. The zero-order chi connectivity index (χ0) is 14.8. The summed E-state index contributed by atoms with van der Waals surface area (Å²) in [5.74, 6) is 1.99. The van der Waals surface area contributed by atoms with Gasteiger partial charge < -0.3 is 8.90 Å². The second-order valence-electron chi connectivity index (χ2n) is 5.35. The van der Waals surface area contributed by atoms with Crippen molar-refractivity contribution < 1.29 is 8.90 Å². The van der Waals surface area contributed by atoms with Gasteiger partial charge in [-0.1, -0.05) is 12.1 Å². The number of fused-ring (bicyclic) bond motifs is 1. The molecule has 0 aliphatic rings. The van der Waals surface area contributed by atoms with Gasteiger partial charge >= 0.3 is 11.4 Å². The minimum atomic E-state index is -0.630. The number of terminal acetylenes is 1. The fourth-order valence-corrected chi connectivity index (χ4v) is 2.08. The molecule has 104 valence electrons. The van der Waals surface area contributed by atoms with Crippen molar-refractivity contribution >= 4 is 10.9 Å². The van der Waals surface area contributed by atoms with Gasteiger partial charge in [0.25, 0.3) is 0 Å². The number of hydrogen-bond acceptors (Lipinski definition) is 3. The molecule has 0 N–H and O–H groups in total. The molecule has 0 amide bonds. The summed E-state index contributed by atoms with van der Waals surface area (Å²) in [6, 6.07) is 6.93. The van der Waals surface area contributed by atoms with E-state index in [1.54, 1.807) is 24.3 Å². The molecule has 0 bridgehead atoms. The van der Waals surface area contributed by atoms with E-state index in [1.165, 1.54) is 4.57 Å². The number of likely N-dealkylation sites (N-methyl/N-ethyl adjacent to an activating group) is 1. The predicted molar refractivity (Wildman–Crippen MR) is 77.4 cm³/mol. The van der Waals surface area contributed by atoms with Crippen LogP contribution < -0.4 is 11.4 Å². The second kappa shape index (κ2) is 5.35. The molecule has 0 fully saturated rings. The highest BCUT2D eigenvalue weighted by molar-refractivity contribution is 5.77. The number of para-hydroxylation sites is 1. The zero-order valence-corrected chi connectivity index (χ0v) is 11.6. The number of hydrogen-bond donors (Lipinski definition) is 0. The lowest BCUT2D eigenvalue weighted by Gasteiger charge is -2.27. The number of benzene rings is 1. The lowest BCUT2D eigenvalue weighted by atomic mass is 10.2. The summed E-state index contributed by atoms with van der Waals surface area (Å²) < 4.78 is 6.82. The minimum absolute atomic E-state index is 0.411. The molecule has 0 radical (unpaired) electrons. The van der Waals surface area contributed by atoms with Gasteiger partial charge in [-0.3, -0.25) is 4.57 Å². The second-order valence-corrected chi connectivity index (χ2v) is 5.35. The number of rotatable bonds is 4. The lowest BCUT2D eigenvalue weighted by molar-refractivity contribution is -0.883. The Bertz CT molecular complexity index is 778. The lowest BCUT2D eigenvalue weighted by Crippen LogP contribution is -2.43. The summed E-state index contributed by atoms with van der Waals surface area (Å²) in [5.41, 5.74) is -0.00585. The van der Waals surface area contributed by atoms with Gasteiger partial charge in [0.2, 0.25) is 0 Å². The summed E-state index contributed by atoms with van der Waals surface area (Å²) in [7, 11) is 3.98. The quantitative estimate of drug-likeness (QED) is 0.607. The van der Waals surface area contributed by atoms with Crippen molar-refractivity contribution in [3.05, 3.63) is 45.2 Å². The van der Waals surface area contributed by atoms with Crippen LogP contribution in [0, 0.1) is 12.3 Å². The van der Waals surface area contributed by atoms with Crippen LogP contribution in [0.4, 0.5) is 0 Å². The minimum Gasteiger partial charge on any atom is -0.372 e. The summed E-state index contributed by atoms with van der Waals surface area (Å²) in [5, 5.41) is 0.411. The van der Waals surface area contributed by atoms with Crippen molar-refractivity contribution in [2.45, 2.75) is 6.54 Å². The maximum Gasteiger partial charge on any atom is 0.422 e. The highest BCUT2D eigenvalue weighted by atomic mass is 16.4. The SMILES string of the molecule is C#CC[N+](C)(C)CCn1c(=O)oc(=O)c2ccccc21. The van der Waals surface area contributed by atoms with Gasteiger partial charge in [0.05, 0.1) is 38.1 Å². The van der Waals surface area contributed by atoms with Crippen molar-refractivity contribution in [3.63, 3.8) is 0 Å². The molecule has 20 heavy (non-hydrogen) atoms. The smallest absolute Gasteiger partial charge is 0.372 e. The van der Waals surface area contributed by atoms with Crippen LogP contribution in [0.3, 0.4) is 0 Å². The van der Waals surface area contributed by atoms with Crippen LogP contribution in [-0.2, 0) is 6.54 Å². The third kappa shape index (κ3) is 2.81. The van der Waals surface area contributed by atoms with E-state index in [-0.39, 0.29) is 0 Å². The maximum atomic E-state index is 11.9. The van der Waals surface area contributed by atoms with Crippen LogP contribution in [-0.4, -0.2) is 36.2 Å². The molecule has 2 rings (SSSR count). The van der Waals surface area contributed by atoms with Gasteiger partial charge in [0.1, 0.15) is 6.54 Å². The van der Waals surface area contributed by atoms with E-state index in [0.29, 0.717) is 35.0 Å². The van der Waals surface area contributed by atoms with Crippen LogP contribution >= 0.6 is 0 Å². The van der Waals surface area contributed by atoms with E-state index in [4.69, 9.17) is 10.8 Å². The first-order valence-corrected chi connectivity index (χ1v) is 6.33. The van der Waals surface area contributed by atoms with Crippen LogP contribution in [0.15, 0.2) is 38.3 Å². The molecular weight excluding hydrogens is 256 g/mol. The van der Waals surface area contributed by atoms with Gasteiger partial charge in [0.15, 0.2) is 0 Å². The van der Waals surface area contributed by atoms with E-state index in [2.05, 4.69) is 5.92 Å².